The van der Waals surface area contributed by atoms with Crippen LogP contribution >= 0.6 is 0 Å². The van der Waals surface area contributed by atoms with Gasteiger partial charge in [-0.2, -0.15) is 5.26 Å². The van der Waals surface area contributed by atoms with Crippen molar-refractivity contribution in [1.82, 2.24) is 20.2 Å². The van der Waals surface area contributed by atoms with Crippen LogP contribution in [0.4, 0.5) is 22.1 Å². The quantitative estimate of drug-likeness (QED) is 0.435. The molecule has 2 aromatic heterocycles. The molecule has 5 heterocycles. The van der Waals surface area contributed by atoms with E-state index < -0.39 is 6.03 Å². The summed E-state index contributed by atoms with van der Waals surface area (Å²) in [5, 5.41) is 18.9. The zero-order valence-corrected chi connectivity index (χ0v) is 21.6. The average Bonchev–Trinajstić information content (AvgIpc) is 3.40. The SMILES string of the molecule is COC1CNCC1Nc1cc(NC(=O)N2CCCc3cc(CN4CCOCC4=O)c(C=O)nc32)ncc1C#N. The minimum Gasteiger partial charge on any atom is -0.378 e. The number of aromatic nitrogens is 2. The number of methoxy groups -OCH3 is 1. The minimum absolute atomic E-state index is 0.0217. The molecule has 0 spiro atoms. The van der Waals surface area contributed by atoms with Crippen LogP contribution in [0.15, 0.2) is 18.3 Å². The van der Waals surface area contributed by atoms with E-state index in [0.717, 1.165) is 5.56 Å². The fourth-order valence-electron chi connectivity index (χ4n) is 5.06. The number of nitriles is 1. The van der Waals surface area contributed by atoms with Gasteiger partial charge in [-0.25, -0.2) is 14.8 Å². The zero-order valence-electron chi connectivity index (χ0n) is 21.6. The van der Waals surface area contributed by atoms with Gasteiger partial charge in [0.1, 0.15) is 30.0 Å². The highest BCUT2D eigenvalue weighted by Crippen LogP contribution is 2.29. The number of ether oxygens (including phenoxy) is 2. The summed E-state index contributed by atoms with van der Waals surface area (Å²) in [6.07, 6.45) is 3.40. The molecule has 2 fully saturated rings. The highest BCUT2D eigenvalue weighted by Gasteiger charge is 2.29. The maximum Gasteiger partial charge on any atom is 0.328 e. The van der Waals surface area contributed by atoms with Gasteiger partial charge in [-0.15, -0.1) is 0 Å². The first-order valence-electron chi connectivity index (χ1n) is 12.8. The molecule has 39 heavy (non-hydrogen) atoms. The molecule has 2 atom stereocenters. The van der Waals surface area contributed by atoms with Crippen molar-refractivity contribution >= 4 is 35.5 Å². The van der Waals surface area contributed by atoms with E-state index in [2.05, 4.69) is 32.0 Å². The van der Waals surface area contributed by atoms with E-state index in [1.165, 1.54) is 11.1 Å². The van der Waals surface area contributed by atoms with E-state index in [4.69, 9.17) is 9.47 Å². The third-order valence-electron chi connectivity index (χ3n) is 7.14. The largest absolute Gasteiger partial charge is 0.378 e. The van der Waals surface area contributed by atoms with Gasteiger partial charge in [0, 0.05) is 57.7 Å². The molecular weight excluding hydrogens is 504 g/mol. The van der Waals surface area contributed by atoms with Gasteiger partial charge >= 0.3 is 6.03 Å². The number of urea groups is 1. The first-order valence-corrected chi connectivity index (χ1v) is 12.8. The second-order valence-electron chi connectivity index (χ2n) is 9.60. The second-order valence-corrected chi connectivity index (χ2v) is 9.60. The molecular formula is C26H30N8O5. The summed E-state index contributed by atoms with van der Waals surface area (Å²) in [5.74, 6) is 0.541. The molecule has 3 amide bonds. The number of nitrogens with one attached hydrogen (secondary N) is 3. The van der Waals surface area contributed by atoms with Crippen LogP contribution < -0.4 is 20.9 Å². The number of hydrogen-bond donors (Lipinski definition) is 3. The van der Waals surface area contributed by atoms with Crippen molar-refractivity contribution in [2.75, 3.05) is 62.0 Å². The number of rotatable bonds is 7. The Morgan fingerprint density at radius 2 is 2.23 bits per heavy atom. The van der Waals surface area contributed by atoms with E-state index in [1.807, 2.05) is 6.07 Å². The maximum atomic E-state index is 13.3. The number of carbonyl (C=O) groups excluding carboxylic acids is 3. The Balaban J connectivity index is 1.35. The first kappa shape index (κ1) is 26.5. The van der Waals surface area contributed by atoms with Crippen LogP contribution in [-0.2, 0) is 27.2 Å². The molecule has 0 bridgehead atoms. The Bertz CT molecular complexity index is 1310. The number of hydrogen-bond acceptors (Lipinski definition) is 10. The van der Waals surface area contributed by atoms with Gasteiger partial charge in [-0.3, -0.25) is 19.8 Å². The number of nitrogens with zero attached hydrogens (tertiary/aromatic N) is 5. The molecule has 2 unspecified atom stereocenters. The van der Waals surface area contributed by atoms with Crippen molar-refractivity contribution in [3.05, 3.63) is 40.7 Å². The zero-order chi connectivity index (χ0) is 27.4. The molecule has 2 saturated heterocycles. The Morgan fingerprint density at radius 1 is 1.36 bits per heavy atom. The monoisotopic (exact) mass is 534 g/mol. The van der Waals surface area contributed by atoms with Crippen LogP contribution in [0, 0.1) is 11.3 Å². The summed E-state index contributed by atoms with van der Waals surface area (Å²) in [6.45, 7) is 2.95. The molecule has 0 aromatic carbocycles. The van der Waals surface area contributed by atoms with Crippen LogP contribution in [0.2, 0.25) is 0 Å². The topological polar surface area (TPSA) is 162 Å². The number of aldehydes is 1. The lowest BCUT2D eigenvalue weighted by Gasteiger charge is -2.31. The first-order chi connectivity index (χ1) is 19.0. The predicted octanol–water partition coefficient (Wildman–Crippen LogP) is 0.903. The van der Waals surface area contributed by atoms with Crippen molar-refractivity contribution in [1.29, 1.82) is 5.26 Å². The maximum absolute atomic E-state index is 13.3. The van der Waals surface area contributed by atoms with E-state index in [9.17, 15) is 19.6 Å². The summed E-state index contributed by atoms with van der Waals surface area (Å²) in [7, 11) is 1.64. The fourth-order valence-corrected chi connectivity index (χ4v) is 5.06. The number of morpholine rings is 1. The van der Waals surface area contributed by atoms with Gasteiger partial charge in [0.15, 0.2) is 6.29 Å². The van der Waals surface area contributed by atoms with E-state index >= 15 is 0 Å². The lowest BCUT2D eigenvalue weighted by atomic mass is 10.0. The molecule has 0 aliphatic carbocycles. The Kier molecular flexibility index (Phi) is 7.97. The summed E-state index contributed by atoms with van der Waals surface area (Å²) in [5.41, 5.74) is 2.55. The molecule has 5 rings (SSSR count). The van der Waals surface area contributed by atoms with Crippen molar-refractivity contribution in [3.8, 4) is 6.07 Å². The number of fused-ring (bicyclic) bond motifs is 1. The number of aryl methyl sites for hydroxylation is 1. The molecule has 204 valence electrons. The molecule has 3 N–H and O–H groups in total. The van der Waals surface area contributed by atoms with Crippen molar-refractivity contribution < 1.29 is 23.9 Å². The summed E-state index contributed by atoms with van der Waals surface area (Å²) >= 11 is 0. The molecule has 13 nitrogen and oxygen atoms in total. The highest BCUT2D eigenvalue weighted by molar-refractivity contribution is 6.02. The number of carbonyl (C=O) groups is 3. The molecule has 13 heteroatoms. The van der Waals surface area contributed by atoms with E-state index in [-0.39, 0.29) is 42.7 Å². The van der Waals surface area contributed by atoms with Crippen LogP contribution in [0.5, 0.6) is 0 Å². The molecule has 3 aliphatic rings. The van der Waals surface area contributed by atoms with Crippen molar-refractivity contribution in [3.63, 3.8) is 0 Å². The Hall–Kier alpha value is -4.12. The lowest BCUT2D eigenvalue weighted by Crippen LogP contribution is -2.42. The second kappa shape index (κ2) is 11.7. The number of pyridine rings is 2. The van der Waals surface area contributed by atoms with Crippen LogP contribution in [-0.4, -0.2) is 91.7 Å². The predicted molar refractivity (Wildman–Crippen MR) is 141 cm³/mol. The average molecular weight is 535 g/mol. The van der Waals surface area contributed by atoms with E-state index in [0.29, 0.717) is 74.5 Å². The highest BCUT2D eigenvalue weighted by atomic mass is 16.5. The third-order valence-corrected chi connectivity index (χ3v) is 7.14. The van der Waals surface area contributed by atoms with Gasteiger partial charge in [0.05, 0.1) is 30.0 Å². The molecule has 3 aliphatic heterocycles. The normalized spacial score (nSPS) is 20.8. The fraction of sp³-hybridized carbons (Fsp3) is 0.462. The summed E-state index contributed by atoms with van der Waals surface area (Å²) in [4.78, 5) is 49.4. The number of anilines is 3. The van der Waals surface area contributed by atoms with Gasteiger partial charge < -0.3 is 25.0 Å². The van der Waals surface area contributed by atoms with Gasteiger partial charge in [0.25, 0.3) is 0 Å². The Labute approximate surface area is 225 Å². The van der Waals surface area contributed by atoms with Crippen LogP contribution in [0.25, 0.3) is 0 Å². The summed E-state index contributed by atoms with van der Waals surface area (Å²) < 4.78 is 10.7. The van der Waals surface area contributed by atoms with Gasteiger partial charge in [-0.1, -0.05) is 0 Å². The standard InChI is InChI=1S/C26H30N8O5/c1-38-22-12-28-11-20(22)30-19-8-23(29-10-18(19)9-27)32-26(37)34-4-2-3-16-7-17(21(14-35)31-25(16)34)13-33-5-6-39-15-24(33)36/h7-8,10,14,20,22,28H,2-6,11-13,15H2,1H3,(H2,29,30,32,37). The van der Waals surface area contributed by atoms with Crippen molar-refractivity contribution in [2.45, 2.75) is 31.5 Å². The Morgan fingerprint density at radius 3 is 3.00 bits per heavy atom. The van der Waals surface area contributed by atoms with E-state index in [1.54, 1.807) is 18.1 Å². The van der Waals surface area contributed by atoms with Crippen LogP contribution in [0.1, 0.15) is 33.6 Å². The third kappa shape index (κ3) is 5.68. The van der Waals surface area contributed by atoms with Crippen molar-refractivity contribution in [2.24, 2.45) is 0 Å². The smallest absolute Gasteiger partial charge is 0.328 e. The lowest BCUT2D eigenvalue weighted by molar-refractivity contribution is -0.143. The summed E-state index contributed by atoms with van der Waals surface area (Å²) in [6, 6.07) is 5.11. The van der Waals surface area contributed by atoms with Crippen LogP contribution in [0.3, 0.4) is 0 Å². The van der Waals surface area contributed by atoms with Gasteiger partial charge in [-0.05, 0) is 24.5 Å². The minimum atomic E-state index is -0.447. The number of amides is 3. The molecule has 0 radical (unpaired) electrons. The van der Waals surface area contributed by atoms with Gasteiger partial charge in [0.2, 0.25) is 5.91 Å². The molecule has 2 aromatic rings. The molecule has 0 saturated carbocycles.